The Bertz CT molecular complexity index is 353. The van der Waals surface area contributed by atoms with Gasteiger partial charge in [0.2, 0.25) is 0 Å². The van der Waals surface area contributed by atoms with Gasteiger partial charge in [-0.1, -0.05) is 6.42 Å². The fourth-order valence-corrected chi connectivity index (χ4v) is 3.51. The normalized spacial score (nSPS) is 22.6. The Morgan fingerprint density at radius 1 is 1.35 bits per heavy atom. The third-order valence-electron chi connectivity index (χ3n) is 3.92. The minimum absolute atomic E-state index is 0.799. The molecule has 4 heteroatoms. The highest BCUT2D eigenvalue weighted by Gasteiger charge is 2.22. The maximum Gasteiger partial charge on any atom is 0.0959 e. The van der Waals surface area contributed by atoms with E-state index in [1.54, 1.807) is 0 Å². The Morgan fingerprint density at radius 3 is 2.88 bits per heavy atom. The second-order valence-corrected chi connectivity index (χ2v) is 6.04. The maximum atomic E-state index is 4.79. The van der Waals surface area contributed by atoms with E-state index in [1.165, 1.54) is 49.6 Å². The van der Waals surface area contributed by atoms with Gasteiger partial charge in [0.05, 0.1) is 10.7 Å². The van der Waals surface area contributed by atoms with Crippen molar-refractivity contribution >= 4 is 11.3 Å². The van der Waals surface area contributed by atoms with Gasteiger partial charge in [-0.05, 0) is 12.8 Å². The fourth-order valence-electron chi connectivity index (χ4n) is 2.49. The number of nitrogens with one attached hydrogen (secondary N) is 1. The first-order valence-corrected chi connectivity index (χ1v) is 7.67. The molecule has 0 spiro atoms. The lowest BCUT2D eigenvalue weighted by Gasteiger charge is -2.26. The van der Waals surface area contributed by atoms with Crippen molar-refractivity contribution in [2.75, 3.05) is 32.7 Å². The number of thiazole rings is 1. The van der Waals surface area contributed by atoms with Crippen LogP contribution in [0.25, 0.3) is 0 Å². The summed E-state index contributed by atoms with van der Waals surface area (Å²) in [6.07, 6.45) is 5.26. The van der Waals surface area contributed by atoms with Gasteiger partial charge in [0.25, 0.3) is 0 Å². The van der Waals surface area contributed by atoms with Crippen LogP contribution >= 0.6 is 11.3 Å². The lowest BCUT2D eigenvalue weighted by molar-refractivity contribution is 0.243. The first-order chi connectivity index (χ1) is 8.42. The zero-order valence-electron chi connectivity index (χ0n) is 10.3. The minimum Gasteiger partial charge on any atom is -0.314 e. The molecule has 1 aromatic heterocycles. The van der Waals surface area contributed by atoms with Crippen LogP contribution in [-0.2, 0) is 6.42 Å². The van der Waals surface area contributed by atoms with Gasteiger partial charge in [-0.15, -0.1) is 11.3 Å². The van der Waals surface area contributed by atoms with E-state index in [-0.39, 0.29) is 0 Å². The Morgan fingerprint density at radius 2 is 2.18 bits per heavy atom. The molecule has 0 atom stereocenters. The molecule has 1 N–H and O–H groups in total. The Hall–Kier alpha value is -0.450. The van der Waals surface area contributed by atoms with Crippen LogP contribution in [0.3, 0.4) is 0 Å². The molecule has 94 valence electrons. The number of nitrogens with zero attached hydrogens (tertiary/aromatic N) is 2. The summed E-state index contributed by atoms with van der Waals surface area (Å²) in [6, 6.07) is 0. The molecule has 3 rings (SSSR count). The topological polar surface area (TPSA) is 28.2 Å². The van der Waals surface area contributed by atoms with E-state index in [9.17, 15) is 0 Å². The van der Waals surface area contributed by atoms with Crippen LogP contribution in [0.5, 0.6) is 0 Å². The first kappa shape index (κ1) is 11.6. The smallest absolute Gasteiger partial charge is 0.0959 e. The van der Waals surface area contributed by atoms with Gasteiger partial charge in [0.1, 0.15) is 0 Å². The van der Waals surface area contributed by atoms with Gasteiger partial charge in [-0.25, -0.2) is 4.98 Å². The predicted octanol–water partition coefficient (Wildman–Crippen LogP) is 1.86. The van der Waals surface area contributed by atoms with E-state index in [2.05, 4.69) is 15.6 Å². The molecule has 2 aliphatic rings. The maximum absolute atomic E-state index is 4.79. The van der Waals surface area contributed by atoms with Crippen LogP contribution < -0.4 is 5.32 Å². The summed E-state index contributed by atoms with van der Waals surface area (Å²) in [4.78, 5) is 7.33. The molecule has 0 unspecified atom stereocenters. The van der Waals surface area contributed by atoms with Crippen molar-refractivity contribution < 1.29 is 0 Å². The van der Waals surface area contributed by atoms with Crippen LogP contribution in [0.4, 0.5) is 0 Å². The summed E-state index contributed by atoms with van der Waals surface area (Å²) < 4.78 is 0. The third kappa shape index (κ3) is 2.87. The largest absolute Gasteiger partial charge is 0.314 e. The lowest BCUT2D eigenvalue weighted by Crippen LogP contribution is -2.44. The summed E-state index contributed by atoms with van der Waals surface area (Å²) >= 11 is 1.88. The SMILES string of the molecule is c1sc(C2CCC2)nc1CCN1CCNCC1. The van der Waals surface area contributed by atoms with Gasteiger partial charge < -0.3 is 10.2 Å². The zero-order valence-corrected chi connectivity index (χ0v) is 11.1. The molecule has 1 aliphatic heterocycles. The molecule has 3 nitrogen and oxygen atoms in total. The van der Waals surface area contributed by atoms with E-state index in [1.807, 2.05) is 11.3 Å². The van der Waals surface area contributed by atoms with Crippen molar-refractivity contribution in [3.8, 4) is 0 Å². The molecule has 2 heterocycles. The van der Waals surface area contributed by atoms with Crippen LogP contribution in [0.2, 0.25) is 0 Å². The monoisotopic (exact) mass is 251 g/mol. The summed E-state index contributed by atoms with van der Waals surface area (Å²) in [6.45, 7) is 5.85. The highest BCUT2D eigenvalue weighted by atomic mass is 32.1. The highest BCUT2D eigenvalue weighted by Crippen LogP contribution is 2.37. The Labute approximate surface area is 107 Å². The quantitative estimate of drug-likeness (QED) is 0.885. The summed E-state index contributed by atoms with van der Waals surface area (Å²) in [5.41, 5.74) is 1.32. The van der Waals surface area contributed by atoms with Gasteiger partial charge in [-0.3, -0.25) is 0 Å². The molecule has 0 radical (unpaired) electrons. The molecular weight excluding hydrogens is 230 g/mol. The summed E-state index contributed by atoms with van der Waals surface area (Å²) in [7, 11) is 0. The van der Waals surface area contributed by atoms with Crippen molar-refractivity contribution in [2.24, 2.45) is 0 Å². The third-order valence-corrected chi connectivity index (χ3v) is 4.97. The number of rotatable bonds is 4. The van der Waals surface area contributed by atoms with Gasteiger partial charge in [-0.2, -0.15) is 0 Å². The van der Waals surface area contributed by atoms with Crippen molar-refractivity contribution in [1.29, 1.82) is 0 Å². The second kappa shape index (κ2) is 5.46. The molecule has 0 amide bonds. The molecule has 2 fully saturated rings. The summed E-state index contributed by atoms with van der Waals surface area (Å²) in [5.74, 6) is 0.799. The molecule has 1 aliphatic carbocycles. The molecule has 1 saturated heterocycles. The van der Waals surface area contributed by atoms with Crippen LogP contribution in [0, 0.1) is 0 Å². The second-order valence-electron chi connectivity index (χ2n) is 5.15. The van der Waals surface area contributed by atoms with Crippen molar-refractivity contribution in [1.82, 2.24) is 15.2 Å². The summed E-state index contributed by atoms with van der Waals surface area (Å²) in [5, 5.41) is 7.06. The van der Waals surface area contributed by atoms with Crippen LogP contribution in [0.15, 0.2) is 5.38 Å². The molecule has 0 aromatic carbocycles. The standard InChI is InChI=1S/C13H21N3S/c1-2-11(3-1)13-15-12(10-17-13)4-7-16-8-5-14-6-9-16/h10-11,14H,1-9H2. The van der Waals surface area contributed by atoms with Gasteiger partial charge >= 0.3 is 0 Å². The number of hydrogen-bond donors (Lipinski definition) is 1. The van der Waals surface area contributed by atoms with E-state index < -0.39 is 0 Å². The number of aromatic nitrogens is 1. The van der Waals surface area contributed by atoms with Gasteiger partial charge in [0.15, 0.2) is 0 Å². The van der Waals surface area contributed by atoms with Crippen LogP contribution in [-0.4, -0.2) is 42.6 Å². The lowest BCUT2D eigenvalue weighted by atomic mass is 9.86. The fraction of sp³-hybridized carbons (Fsp3) is 0.769. The van der Waals surface area contributed by atoms with E-state index in [4.69, 9.17) is 4.98 Å². The molecular formula is C13H21N3S. The van der Waals surface area contributed by atoms with Crippen molar-refractivity contribution in [3.63, 3.8) is 0 Å². The number of hydrogen-bond acceptors (Lipinski definition) is 4. The minimum atomic E-state index is 0.799. The van der Waals surface area contributed by atoms with E-state index in [0.29, 0.717) is 0 Å². The van der Waals surface area contributed by atoms with Crippen molar-refractivity contribution in [2.45, 2.75) is 31.6 Å². The van der Waals surface area contributed by atoms with Gasteiger partial charge in [0, 0.05) is 50.4 Å². The Balaban J connectivity index is 1.48. The molecule has 17 heavy (non-hydrogen) atoms. The van der Waals surface area contributed by atoms with Crippen LogP contribution in [0.1, 0.15) is 35.9 Å². The molecule has 0 bridgehead atoms. The predicted molar refractivity (Wildman–Crippen MR) is 71.7 cm³/mol. The highest BCUT2D eigenvalue weighted by molar-refractivity contribution is 7.09. The van der Waals surface area contributed by atoms with Crippen molar-refractivity contribution in [3.05, 3.63) is 16.1 Å². The average molecular weight is 251 g/mol. The first-order valence-electron chi connectivity index (χ1n) is 6.79. The van der Waals surface area contributed by atoms with E-state index in [0.717, 1.165) is 25.4 Å². The average Bonchev–Trinajstić information content (AvgIpc) is 2.74. The molecule has 1 aromatic rings. The number of piperazine rings is 1. The van der Waals surface area contributed by atoms with E-state index >= 15 is 0 Å². The zero-order chi connectivity index (χ0) is 11.5. The Kier molecular flexibility index (Phi) is 3.74. The molecule has 1 saturated carbocycles.